The zero-order valence-electron chi connectivity index (χ0n) is 16.1. The molecule has 3 aromatic carbocycles. The molecule has 0 fully saturated rings. The fourth-order valence-electron chi connectivity index (χ4n) is 2.98. The average Bonchev–Trinajstić information content (AvgIpc) is 2.72. The topological polar surface area (TPSA) is 52.9 Å². The second-order valence-corrected chi connectivity index (χ2v) is 6.71. The van der Waals surface area contributed by atoms with Gasteiger partial charge in [-0.15, -0.1) is 0 Å². The molecule has 3 aromatic rings. The minimum Gasteiger partial charge on any atom is -0.321 e. The van der Waals surface area contributed by atoms with E-state index in [-0.39, 0.29) is 17.1 Å². The highest BCUT2D eigenvalue weighted by molar-refractivity contribution is 6.09. The number of nitrogens with one attached hydrogen (secondary N) is 1. The number of benzene rings is 3. The number of hydrogen-bond donors (Lipinski definition) is 1. The first-order chi connectivity index (χ1) is 14.8. The van der Waals surface area contributed by atoms with E-state index >= 15 is 0 Å². The van der Waals surface area contributed by atoms with Crippen LogP contribution in [0.5, 0.6) is 0 Å². The number of carbonyl (C=O) groups is 1. The molecule has 1 N–H and O–H groups in total. The van der Waals surface area contributed by atoms with Crippen LogP contribution in [0.1, 0.15) is 22.3 Å². The quantitative estimate of drug-likeness (QED) is 0.311. The summed E-state index contributed by atoms with van der Waals surface area (Å²) < 4.78 is 52.1. The van der Waals surface area contributed by atoms with Gasteiger partial charge in [0, 0.05) is 5.69 Å². The molecule has 0 atom stereocenters. The molecule has 0 unspecified atom stereocenters. The van der Waals surface area contributed by atoms with Gasteiger partial charge in [-0.1, -0.05) is 42.5 Å². The predicted octanol–water partition coefficient (Wildman–Crippen LogP) is 5.98. The van der Waals surface area contributed by atoms with Gasteiger partial charge in [0.2, 0.25) is 0 Å². The van der Waals surface area contributed by atoms with Crippen LogP contribution >= 0.6 is 0 Å². The van der Waals surface area contributed by atoms with E-state index in [1.165, 1.54) is 30.3 Å². The molecule has 0 spiro atoms. The summed E-state index contributed by atoms with van der Waals surface area (Å²) in [6, 6.07) is 19.0. The third-order valence-corrected chi connectivity index (χ3v) is 4.45. The van der Waals surface area contributed by atoms with Crippen LogP contribution in [0, 0.1) is 17.1 Å². The molecule has 3 nitrogen and oxygen atoms in total. The molecule has 0 radical (unpaired) electrons. The molecule has 1 amide bonds. The standard InChI is InChI=1S/C24H16F4N2O/c25-21-9-3-5-16(12-21)11-17-6-1-2-7-18(17)13-19(15-29)23(31)30-22-10-4-8-20(14-22)24(26,27)28/h1-10,12-14H,11H2,(H,30,31)/b19-13+. The number of amides is 1. The summed E-state index contributed by atoms with van der Waals surface area (Å²) in [4.78, 5) is 12.5. The molecule has 156 valence electrons. The number of carbonyl (C=O) groups excluding carboxylic acids is 1. The summed E-state index contributed by atoms with van der Waals surface area (Å²) in [7, 11) is 0. The highest BCUT2D eigenvalue weighted by Crippen LogP contribution is 2.30. The Morgan fingerprint density at radius 1 is 1.00 bits per heavy atom. The van der Waals surface area contributed by atoms with Crippen molar-refractivity contribution in [2.24, 2.45) is 0 Å². The van der Waals surface area contributed by atoms with Gasteiger partial charge in [0.1, 0.15) is 17.5 Å². The number of nitriles is 1. The number of halogens is 4. The first-order valence-corrected chi connectivity index (χ1v) is 9.19. The van der Waals surface area contributed by atoms with Crippen LogP contribution in [0.4, 0.5) is 23.2 Å². The Balaban J connectivity index is 1.85. The van der Waals surface area contributed by atoms with Gasteiger partial charge >= 0.3 is 6.18 Å². The van der Waals surface area contributed by atoms with Gasteiger partial charge in [0.15, 0.2) is 0 Å². The average molecular weight is 424 g/mol. The number of rotatable bonds is 5. The summed E-state index contributed by atoms with van der Waals surface area (Å²) >= 11 is 0. The fourth-order valence-corrected chi connectivity index (χ4v) is 2.98. The Morgan fingerprint density at radius 2 is 1.74 bits per heavy atom. The van der Waals surface area contributed by atoms with E-state index in [0.29, 0.717) is 17.5 Å². The maximum absolute atomic E-state index is 13.5. The van der Waals surface area contributed by atoms with Crippen molar-refractivity contribution in [3.8, 4) is 6.07 Å². The Morgan fingerprint density at radius 3 is 2.45 bits per heavy atom. The van der Waals surface area contributed by atoms with E-state index in [1.54, 1.807) is 42.5 Å². The lowest BCUT2D eigenvalue weighted by atomic mass is 9.98. The third kappa shape index (κ3) is 5.80. The Bertz CT molecular complexity index is 1180. The summed E-state index contributed by atoms with van der Waals surface area (Å²) in [5.41, 5.74) is 0.786. The van der Waals surface area contributed by atoms with Crippen molar-refractivity contribution >= 4 is 17.7 Å². The van der Waals surface area contributed by atoms with E-state index < -0.39 is 17.6 Å². The first kappa shape index (κ1) is 21.8. The summed E-state index contributed by atoms with van der Waals surface area (Å²) in [6.07, 6.45) is -2.82. The van der Waals surface area contributed by atoms with Gasteiger partial charge < -0.3 is 5.32 Å². The molecule has 0 saturated carbocycles. The van der Waals surface area contributed by atoms with Crippen molar-refractivity contribution in [3.63, 3.8) is 0 Å². The SMILES string of the molecule is N#C/C(=C\c1ccccc1Cc1cccc(F)c1)C(=O)Nc1cccc(C(F)(F)F)c1. The zero-order valence-corrected chi connectivity index (χ0v) is 16.1. The smallest absolute Gasteiger partial charge is 0.321 e. The summed E-state index contributed by atoms with van der Waals surface area (Å²) in [5.74, 6) is -1.20. The van der Waals surface area contributed by atoms with Crippen LogP contribution in [0.3, 0.4) is 0 Å². The predicted molar refractivity (Wildman–Crippen MR) is 109 cm³/mol. The van der Waals surface area contributed by atoms with Gasteiger partial charge in [-0.2, -0.15) is 18.4 Å². The van der Waals surface area contributed by atoms with Gasteiger partial charge in [-0.3, -0.25) is 4.79 Å². The lowest BCUT2D eigenvalue weighted by Gasteiger charge is -2.10. The van der Waals surface area contributed by atoms with Gasteiger partial charge in [-0.25, -0.2) is 4.39 Å². The fraction of sp³-hybridized carbons (Fsp3) is 0.0833. The van der Waals surface area contributed by atoms with Crippen LogP contribution in [0.15, 0.2) is 78.4 Å². The Hall–Kier alpha value is -3.92. The van der Waals surface area contributed by atoms with Crippen molar-refractivity contribution in [3.05, 3.63) is 106 Å². The highest BCUT2D eigenvalue weighted by atomic mass is 19.4. The summed E-state index contributed by atoms with van der Waals surface area (Å²) in [6.45, 7) is 0. The third-order valence-electron chi connectivity index (χ3n) is 4.45. The molecule has 0 heterocycles. The second kappa shape index (κ2) is 9.26. The minimum atomic E-state index is -4.55. The molecule has 0 saturated heterocycles. The zero-order chi connectivity index (χ0) is 22.4. The molecular formula is C24H16F4N2O. The lowest BCUT2D eigenvalue weighted by molar-refractivity contribution is -0.137. The molecular weight excluding hydrogens is 408 g/mol. The van der Waals surface area contributed by atoms with E-state index in [0.717, 1.165) is 17.7 Å². The van der Waals surface area contributed by atoms with Crippen molar-refractivity contribution in [2.75, 3.05) is 5.32 Å². The van der Waals surface area contributed by atoms with Crippen LogP contribution in [-0.4, -0.2) is 5.91 Å². The Kier molecular flexibility index (Phi) is 6.51. The van der Waals surface area contributed by atoms with Crippen molar-refractivity contribution in [2.45, 2.75) is 12.6 Å². The normalized spacial score (nSPS) is 11.6. The summed E-state index contributed by atoms with van der Waals surface area (Å²) in [5, 5.41) is 11.8. The maximum Gasteiger partial charge on any atom is 0.416 e. The van der Waals surface area contributed by atoms with E-state index in [9.17, 15) is 27.6 Å². The van der Waals surface area contributed by atoms with Crippen LogP contribution in [0.2, 0.25) is 0 Å². The molecule has 3 rings (SSSR count). The van der Waals surface area contributed by atoms with Gasteiger partial charge in [0.25, 0.3) is 5.91 Å². The minimum absolute atomic E-state index is 0.0750. The maximum atomic E-state index is 13.5. The number of alkyl halides is 3. The van der Waals surface area contributed by atoms with Crippen LogP contribution in [0.25, 0.3) is 6.08 Å². The van der Waals surface area contributed by atoms with E-state index in [2.05, 4.69) is 5.32 Å². The van der Waals surface area contributed by atoms with Crippen LogP contribution in [-0.2, 0) is 17.4 Å². The van der Waals surface area contributed by atoms with Crippen molar-refractivity contribution in [1.29, 1.82) is 5.26 Å². The Labute approximate surface area is 176 Å². The van der Waals surface area contributed by atoms with Gasteiger partial charge in [-0.05, 0) is 59.5 Å². The van der Waals surface area contributed by atoms with Crippen molar-refractivity contribution in [1.82, 2.24) is 0 Å². The highest BCUT2D eigenvalue weighted by Gasteiger charge is 2.30. The van der Waals surface area contributed by atoms with E-state index in [4.69, 9.17) is 0 Å². The number of nitrogens with zero attached hydrogens (tertiary/aromatic N) is 1. The first-order valence-electron chi connectivity index (χ1n) is 9.19. The monoisotopic (exact) mass is 424 g/mol. The molecule has 7 heteroatoms. The molecule has 31 heavy (non-hydrogen) atoms. The lowest BCUT2D eigenvalue weighted by Crippen LogP contribution is -2.14. The molecule has 0 aliphatic rings. The molecule has 0 aromatic heterocycles. The van der Waals surface area contributed by atoms with E-state index in [1.807, 2.05) is 0 Å². The second-order valence-electron chi connectivity index (χ2n) is 6.71. The van der Waals surface area contributed by atoms with Crippen molar-refractivity contribution < 1.29 is 22.4 Å². The number of hydrogen-bond acceptors (Lipinski definition) is 2. The van der Waals surface area contributed by atoms with Gasteiger partial charge in [0.05, 0.1) is 5.56 Å². The molecule has 0 bridgehead atoms. The van der Waals surface area contributed by atoms with Crippen LogP contribution < -0.4 is 5.32 Å². The molecule has 0 aliphatic heterocycles. The largest absolute Gasteiger partial charge is 0.416 e. The molecule has 0 aliphatic carbocycles. The number of anilines is 1.